The summed E-state index contributed by atoms with van der Waals surface area (Å²) < 4.78 is 25.7. The number of H-pyrrole nitrogens is 1. The second kappa shape index (κ2) is 5.77. The van der Waals surface area contributed by atoms with E-state index >= 15 is 0 Å². The van der Waals surface area contributed by atoms with E-state index in [0.29, 0.717) is 5.82 Å². The average Bonchev–Trinajstić information content (AvgIpc) is 2.82. The van der Waals surface area contributed by atoms with Gasteiger partial charge < -0.3 is 5.32 Å². The van der Waals surface area contributed by atoms with Crippen LogP contribution >= 0.6 is 0 Å². The lowest BCUT2D eigenvalue weighted by Crippen LogP contribution is -2.38. The normalized spacial score (nSPS) is 21.3. The SMILES string of the molecule is CN(Cc1ncn[nH]1)S(=O)(=O)CC1CCCNC1. The Morgan fingerprint density at radius 3 is 3.00 bits per heavy atom. The smallest absolute Gasteiger partial charge is 0.214 e. The van der Waals surface area contributed by atoms with Crippen LogP contribution in [0.2, 0.25) is 0 Å². The molecule has 1 aliphatic rings. The largest absolute Gasteiger partial charge is 0.316 e. The van der Waals surface area contributed by atoms with Crippen LogP contribution in [0.5, 0.6) is 0 Å². The fourth-order valence-electron chi connectivity index (χ4n) is 2.11. The Kier molecular flexibility index (Phi) is 4.31. The van der Waals surface area contributed by atoms with Crippen molar-refractivity contribution in [3.8, 4) is 0 Å². The van der Waals surface area contributed by atoms with Gasteiger partial charge in [0.05, 0.1) is 12.3 Å². The summed E-state index contributed by atoms with van der Waals surface area (Å²) in [6.45, 7) is 2.02. The summed E-state index contributed by atoms with van der Waals surface area (Å²) in [5, 5.41) is 9.60. The molecule has 2 rings (SSSR count). The van der Waals surface area contributed by atoms with Crippen molar-refractivity contribution in [3.05, 3.63) is 12.2 Å². The number of nitrogens with zero attached hydrogens (tertiary/aromatic N) is 3. The molecule has 0 aliphatic carbocycles. The van der Waals surface area contributed by atoms with Gasteiger partial charge in [0.1, 0.15) is 12.2 Å². The predicted molar refractivity (Wildman–Crippen MR) is 67.2 cm³/mol. The van der Waals surface area contributed by atoms with Crippen LogP contribution in [0.15, 0.2) is 6.33 Å². The molecular weight excluding hydrogens is 254 g/mol. The molecule has 7 nitrogen and oxygen atoms in total. The highest BCUT2D eigenvalue weighted by Gasteiger charge is 2.25. The molecule has 0 bridgehead atoms. The topological polar surface area (TPSA) is 91.0 Å². The third kappa shape index (κ3) is 3.50. The molecule has 1 saturated heterocycles. The van der Waals surface area contributed by atoms with E-state index < -0.39 is 10.0 Å². The first-order chi connectivity index (χ1) is 8.58. The van der Waals surface area contributed by atoms with Gasteiger partial charge in [0.2, 0.25) is 10.0 Å². The van der Waals surface area contributed by atoms with Gasteiger partial charge in [-0.15, -0.1) is 0 Å². The molecule has 2 N–H and O–H groups in total. The Balaban J connectivity index is 1.92. The zero-order valence-corrected chi connectivity index (χ0v) is 11.3. The van der Waals surface area contributed by atoms with E-state index in [1.807, 2.05) is 0 Å². The lowest BCUT2D eigenvalue weighted by atomic mass is 10.0. The summed E-state index contributed by atoms with van der Waals surface area (Å²) in [5.74, 6) is 0.966. The molecule has 8 heteroatoms. The highest BCUT2D eigenvalue weighted by molar-refractivity contribution is 7.89. The zero-order chi connectivity index (χ0) is 13.0. The molecule has 1 aromatic heterocycles. The first kappa shape index (κ1) is 13.4. The highest BCUT2D eigenvalue weighted by Crippen LogP contribution is 2.15. The minimum atomic E-state index is -3.23. The van der Waals surface area contributed by atoms with E-state index in [1.165, 1.54) is 10.6 Å². The van der Waals surface area contributed by atoms with Gasteiger partial charge in [-0.2, -0.15) is 9.40 Å². The standard InChI is InChI=1S/C10H19N5O2S/c1-15(6-10-12-8-13-14-10)18(16,17)7-9-3-2-4-11-5-9/h8-9,11H,2-7H2,1H3,(H,12,13,14). The van der Waals surface area contributed by atoms with Gasteiger partial charge in [-0.1, -0.05) is 0 Å². The maximum Gasteiger partial charge on any atom is 0.214 e. The van der Waals surface area contributed by atoms with Crippen molar-refractivity contribution in [1.82, 2.24) is 24.8 Å². The molecule has 1 unspecified atom stereocenters. The van der Waals surface area contributed by atoms with Crippen LogP contribution in [-0.4, -0.2) is 53.8 Å². The Bertz CT molecular complexity index is 453. The van der Waals surface area contributed by atoms with Crippen LogP contribution in [0.1, 0.15) is 18.7 Å². The third-order valence-corrected chi connectivity index (χ3v) is 5.13. The number of sulfonamides is 1. The van der Waals surface area contributed by atoms with Gasteiger partial charge in [-0.3, -0.25) is 5.10 Å². The van der Waals surface area contributed by atoms with Gasteiger partial charge in [0.25, 0.3) is 0 Å². The van der Waals surface area contributed by atoms with E-state index in [0.717, 1.165) is 25.9 Å². The number of piperidine rings is 1. The van der Waals surface area contributed by atoms with Crippen LogP contribution in [-0.2, 0) is 16.6 Å². The molecule has 0 amide bonds. The number of hydrogen-bond acceptors (Lipinski definition) is 5. The van der Waals surface area contributed by atoms with Crippen LogP contribution < -0.4 is 5.32 Å². The molecule has 0 saturated carbocycles. The van der Waals surface area contributed by atoms with Crippen molar-refractivity contribution in [3.63, 3.8) is 0 Å². The molecule has 102 valence electrons. The summed E-state index contributed by atoms with van der Waals surface area (Å²) in [4.78, 5) is 3.93. The van der Waals surface area contributed by atoms with E-state index in [1.54, 1.807) is 7.05 Å². The second-order valence-electron chi connectivity index (χ2n) is 4.68. The fourth-order valence-corrected chi connectivity index (χ4v) is 3.56. The maximum atomic E-state index is 12.2. The third-order valence-electron chi connectivity index (χ3n) is 3.16. The van der Waals surface area contributed by atoms with Crippen LogP contribution in [0.4, 0.5) is 0 Å². The van der Waals surface area contributed by atoms with Crippen LogP contribution in [0.25, 0.3) is 0 Å². The quantitative estimate of drug-likeness (QED) is 0.759. The van der Waals surface area contributed by atoms with Gasteiger partial charge in [-0.05, 0) is 31.8 Å². The minimum Gasteiger partial charge on any atom is -0.316 e. The Morgan fingerprint density at radius 1 is 1.56 bits per heavy atom. The van der Waals surface area contributed by atoms with Crippen molar-refractivity contribution in [2.45, 2.75) is 19.4 Å². The molecule has 0 spiro atoms. The Morgan fingerprint density at radius 2 is 2.39 bits per heavy atom. The summed E-state index contributed by atoms with van der Waals surface area (Å²) in [6.07, 6.45) is 3.40. The molecule has 18 heavy (non-hydrogen) atoms. The summed E-state index contributed by atoms with van der Waals surface area (Å²) in [6, 6.07) is 0. The lowest BCUT2D eigenvalue weighted by molar-refractivity contribution is 0.389. The molecule has 1 aromatic rings. The van der Waals surface area contributed by atoms with E-state index in [4.69, 9.17) is 0 Å². The van der Waals surface area contributed by atoms with Gasteiger partial charge in [0.15, 0.2) is 0 Å². The Labute approximate surface area is 107 Å². The van der Waals surface area contributed by atoms with Gasteiger partial charge in [-0.25, -0.2) is 13.4 Å². The molecule has 0 radical (unpaired) electrons. The number of hydrogen-bond donors (Lipinski definition) is 2. The molecule has 1 fully saturated rings. The first-order valence-electron chi connectivity index (χ1n) is 6.07. The van der Waals surface area contributed by atoms with Crippen molar-refractivity contribution in [2.75, 3.05) is 25.9 Å². The summed E-state index contributed by atoms with van der Waals surface area (Å²) in [5.41, 5.74) is 0. The van der Waals surface area contributed by atoms with E-state index in [-0.39, 0.29) is 18.2 Å². The molecular formula is C10H19N5O2S. The Hall–Kier alpha value is -0.990. The average molecular weight is 273 g/mol. The molecule has 1 aliphatic heterocycles. The van der Waals surface area contributed by atoms with Crippen molar-refractivity contribution < 1.29 is 8.42 Å². The first-order valence-corrected chi connectivity index (χ1v) is 7.68. The van der Waals surface area contributed by atoms with Crippen LogP contribution in [0.3, 0.4) is 0 Å². The predicted octanol–water partition coefficient (Wildman–Crippen LogP) is -0.434. The van der Waals surface area contributed by atoms with Gasteiger partial charge in [0, 0.05) is 7.05 Å². The van der Waals surface area contributed by atoms with E-state index in [2.05, 4.69) is 20.5 Å². The number of nitrogens with one attached hydrogen (secondary N) is 2. The monoisotopic (exact) mass is 273 g/mol. The lowest BCUT2D eigenvalue weighted by Gasteiger charge is -2.25. The summed E-state index contributed by atoms with van der Waals surface area (Å²) in [7, 11) is -1.65. The van der Waals surface area contributed by atoms with Crippen molar-refractivity contribution in [1.29, 1.82) is 0 Å². The molecule has 0 aromatic carbocycles. The summed E-state index contributed by atoms with van der Waals surface area (Å²) >= 11 is 0. The van der Waals surface area contributed by atoms with Crippen LogP contribution in [0, 0.1) is 5.92 Å². The number of rotatable bonds is 5. The minimum absolute atomic E-state index is 0.199. The molecule has 2 heterocycles. The number of aromatic nitrogens is 3. The fraction of sp³-hybridized carbons (Fsp3) is 0.800. The van der Waals surface area contributed by atoms with E-state index in [9.17, 15) is 8.42 Å². The highest BCUT2D eigenvalue weighted by atomic mass is 32.2. The maximum absolute atomic E-state index is 12.2. The van der Waals surface area contributed by atoms with Gasteiger partial charge >= 0.3 is 0 Å². The van der Waals surface area contributed by atoms with Crippen molar-refractivity contribution >= 4 is 10.0 Å². The van der Waals surface area contributed by atoms with Crippen molar-refractivity contribution in [2.24, 2.45) is 5.92 Å². The number of aromatic amines is 1. The zero-order valence-electron chi connectivity index (χ0n) is 10.5. The molecule has 1 atom stereocenters. The second-order valence-corrected chi connectivity index (χ2v) is 6.80.